The summed E-state index contributed by atoms with van der Waals surface area (Å²) >= 11 is -16.9. The largest absolute Gasteiger partial charge is 1.20 e. The van der Waals surface area contributed by atoms with Crippen LogP contribution in [0.15, 0.2) is 0 Å². The van der Waals surface area contributed by atoms with Crippen molar-refractivity contribution in [1.29, 1.82) is 0 Å². The first kappa shape index (κ1) is 82.6. The molecule has 2 rings (SSSR count). The van der Waals surface area contributed by atoms with Gasteiger partial charge in [-0.3, -0.25) is 0 Å². The first-order valence-corrected chi connectivity index (χ1v) is 22.5. The standard InChI is InChI=1S/3C10H2F16O4.2Al/c3*11-3(12,1(27)28)5(15,16)7(19,20)9(23,24)10(25,26)8(21,22)6(17,18)4(13,14)2(29)30;;/h3*(H,27,28)(H,29,30);;/q;;;2*+3/p-6. The third kappa shape index (κ3) is 9.94. The summed E-state index contributed by atoms with van der Waals surface area (Å²) in [5, 5.41) is 0. The summed E-state index contributed by atoms with van der Waals surface area (Å²) in [5.41, 5.74) is 0. The molecule has 62 heteroatoms. The minimum absolute atomic E-state index is 2.04. The van der Waals surface area contributed by atoms with Crippen LogP contribution in [0.1, 0.15) is 0 Å². The lowest BCUT2D eigenvalue weighted by Crippen LogP contribution is -2.76. The van der Waals surface area contributed by atoms with Crippen molar-refractivity contribution in [1.82, 2.24) is 0 Å². The Morgan fingerprint density at radius 1 is 0.239 bits per heavy atom. The number of carbonyl (C=O) groups excluding carboxylic acids is 6. The summed E-state index contributed by atoms with van der Waals surface area (Å²) in [5.74, 6) is -262. The van der Waals surface area contributed by atoms with E-state index in [9.17, 15) is 240 Å². The van der Waals surface area contributed by atoms with Gasteiger partial charge >= 0.3 is 208 Å². The molecule has 0 saturated carbocycles. The first-order chi connectivity index (χ1) is 39.3. The zero-order valence-corrected chi connectivity index (χ0v) is 41.5. The third-order valence-corrected chi connectivity index (χ3v) is 13.5. The van der Waals surface area contributed by atoms with Crippen molar-refractivity contribution in [3.63, 3.8) is 0 Å². The van der Waals surface area contributed by atoms with Gasteiger partial charge in [0.05, 0.1) is 0 Å². The van der Waals surface area contributed by atoms with Crippen molar-refractivity contribution in [3.8, 4) is 0 Å². The highest BCUT2D eigenvalue weighted by Crippen LogP contribution is 2.68. The van der Waals surface area contributed by atoms with Gasteiger partial charge in [-0.1, -0.05) is 0 Å². The molecule has 2 heterocycles. The third-order valence-electron chi connectivity index (χ3n) is 11.0. The van der Waals surface area contributed by atoms with Crippen LogP contribution in [0.5, 0.6) is 0 Å². The van der Waals surface area contributed by atoms with Gasteiger partial charge in [0.25, 0.3) is 0 Å². The van der Waals surface area contributed by atoms with E-state index >= 15 is 0 Å². The summed E-state index contributed by atoms with van der Waals surface area (Å²) in [6, 6.07) is 0. The average Bonchev–Trinajstić information content (AvgIpc) is 0.865. The Hall–Kier alpha value is -5.48. The Morgan fingerprint density at radius 2 is 0.359 bits per heavy atom. The van der Waals surface area contributed by atoms with Crippen LogP contribution in [0.2, 0.25) is 0 Å². The highest BCUT2D eigenvalue weighted by atomic mass is 27.3. The van der Waals surface area contributed by atoms with Crippen molar-refractivity contribution < 1.29 is 262 Å². The van der Waals surface area contributed by atoms with Gasteiger partial charge in [-0.2, -0.15) is 211 Å². The van der Waals surface area contributed by atoms with E-state index in [-0.39, 0.29) is 0 Å². The normalized spacial score (nSPS) is 26.2. The summed E-state index contributed by atoms with van der Waals surface area (Å²) < 4.78 is 697. The number of alkyl halides is 48. The maximum Gasteiger partial charge on any atom is 1.20 e. The summed E-state index contributed by atoms with van der Waals surface area (Å²) in [6.45, 7) is 0. The molecule has 0 aromatic carbocycles. The molecule has 2 fully saturated rings. The lowest BCUT2D eigenvalue weighted by Gasteiger charge is -2.43. The van der Waals surface area contributed by atoms with Crippen molar-refractivity contribution >= 4 is 66.1 Å². The van der Waals surface area contributed by atoms with Crippen molar-refractivity contribution in [2.45, 2.75) is 142 Å². The van der Waals surface area contributed by atoms with Gasteiger partial charge in [-0.15, -0.1) is 0 Å². The van der Waals surface area contributed by atoms with Crippen molar-refractivity contribution in [3.05, 3.63) is 0 Å². The molecular formula is C30Al2F48O12. The van der Waals surface area contributed by atoms with Gasteiger partial charge < -0.3 is 22.7 Å². The van der Waals surface area contributed by atoms with Crippen molar-refractivity contribution in [2.24, 2.45) is 0 Å². The second-order valence-electron chi connectivity index (χ2n) is 16.8. The zero-order chi connectivity index (χ0) is 74.9. The number of carbonyl (C=O) groups is 6. The van der Waals surface area contributed by atoms with E-state index in [1.54, 1.807) is 0 Å². The highest BCUT2D eigenvalue weighted by molar-refractivity contribution is 6.45. The van der Waals surface area contributed by atoms with Gasteiger partial charge in [0.15, 0.2) is 0 Å². The molecule has 534 valence electrons. The van der Waals surface area contributed by atoms with Crippen LogP contribution in [0, 0.1) is 0 Å². The minimum Gasteiger partial charge on any atom is -0.546 e. The fourth-order valence-electron chi connectivity index (χ4n) is 5.43. The van der Waals surface area contributed by atoms with E-state index in [2.05, 4.69) is 15.2 Å². The molecule has 12 nitrogen and oxygen atoms in total. The SMILES string of the molecule is O=C1[O][Al]([O]C(=O)C(F)(F)C(F)(F)C(F)(F)C(F)(F)C(F)(F)C(F)(F)C(F)(F)C(F)(F)C(=O)[O][Al]2[O]C(=O)C(F)(F)C(F)(F)C(F)(F)C(F)(F)C(F)(F)C(F)(F)C(F)(F)C(F)(F)C(=O)[O]2)[O]C(=O)C(F)(F)C(F)(F)C(F)(F)C(F)(F)C(F)(F)C(F)(F)C(F)(F)C1(F)F. The van der Waals surface area contributed by atoms with Crippen LogP contribution in [-0.4, -0.2) is 208 Å². The molecule has 2 saturated heterocycles. The molecule has 0 aliphatic carbocycles. The van der Waals surface area contributed by atoms with Crippen LogP contribution in [0.25, 0.3) is 0 Å². The molecular weight excluding hydrogens is 1520 g/mol. The number of hydrogen-bond acceptors (Lipinski definition) is 12. The van der Waals surface area contributed by atoms with E-state index in [1.807, 2.05) is 7.58 Å². The monoisotopic (exact) mass is 1520 g/mol. The molecule has 0 spiro atoms. The van der Waals surface area contributed by atoms with Crippen LogP contribution >= 0.6 is 0 Å². The average molecular weight is 1520 g/mol. The smallest absolute Gasteiger partial charge is 0.546 e. The van der Waals surface area contributed by atoms with Gasteiger partial charge in [0, 0.05) is 0 Å². The molecule has 0 N–H and O–H groups in total. The molecule has 0 aromatic rings. The molecule has 0 unspecified atom stereocenters. The number of halogens is 48. The Morgan fingerprint density at radius 3 is 0.500 bits per heavy atom. The van der Waals surface area contributed by atoms with Crippen LogP contribution in [-0.2, 0) is 51.5 Å². The van der Waals surface area contributed by atoms with Gasteiger partial charge in [-0.25, -0.2) is 28.8 Å². The molecule has 0 bridgehead atoms. The number of rotatable bonds is 11. The van der Waals surface area contributed by atoms with E-state index in [0.29, 0.717) is 0 Å². The Balaban J connectivity index is 2.90. The van der Waals surface area contributed by atoms with Gasteiger partial charge in [0.2, 0.25) is 0 Å². The number of hydrogen-bond donors (Lipinski definition) is 0. The van der Waals surface area contributed by atoms with Crippen LogP contribution in [0.4, 0.5) is 211 Å². The van der Waals surface area contributed by atoms with Gasteiger partial charge in [0.1, 0.15) is 0 Å². The first-order valence-electron chi connectivity index (χ1n) is 19.7. The topological polar surface area (TPSA) is 158 Å². The maximum absolute atomic E-state index is 14.6. The van der Waals surface area contributed by atoms with E-state index < -0.39 is 208 Å². The molecule has 0 atom stereocenters. The summed E-state index contributed by atoms with van der Waals surface area (Å²) in [4.78, 5) is 70.0. The fourth-order valence-corrected chi connectivity index (χ4v) is 7.66. The molecule has 92 heavy (non-hydrogen) atoms. The van der Waals surface area contributed by atoms with Crippen molar-refractivity contribution in [2.75, 3.05) is 0 Å². The van der Waals surface area contributed by atoms with E-state index in [4.69, 9.17) is 0 Å². The molecule has 2 aliphatic rings. The highest BCUT2D eigenvalue weighted by Gasteiger charge is 3.01. The van der Waals surface area contributed by atoms with E-state index in [1.165, 1.54) is 0 Å². The Kier molecular flexibility index (Phi) is 19.3. The predicted octanol–water partition coefficient (Wildman–Crippen LogP) is 11.5. The fraction of sp³-hybridized carbons (Fsp3) is 0.800. The predicted molar refractivity (Wildman–Crippen MR) is 167 cm³/mol. The summed E-state index contributed by atoms with van der Waals surface area (Å²) in [6.07, 6.45) is 0. The summed E-state index contributed by atoms with van der Waals surface area (Å²) in [7, 11) is 0. The molecule has 0 radical (unpaired) electrons. The molecule has 0 aromatic heterocycles. The maximum atomic E-state index is 14.6. The lowest BCUT2D eigenvalue weighted by atomic mass is 9.87. The lowest BCUT2D eigenvalue weighted by molar-refractivity contribution is -0.448. The quantitative estimate of drug-likeness (QED) is 0.143. The Bertz CT molecular complexity index is 2610. The second-order valence-corrected chi connectivity index (χ2v) is 19.4. The molecule has 0 amide bonds. The zero-order valence-electron chi connectivity index (χ0n) is 39.2. The molecule has 2 aliphatic heterocycles. The van der Waals surface area contributed by atoms with Crippen LogP contribution < -0.4 is 0 Å². The minimum atomic E-state index is -10.3. The van der Waals surface area contributed by atoms with Crippen LogP contribution in [0.3, 0.4) is 0 Å². The van der Waals surface area contributed by atoms with E-state index in [0.717, 1.165) is 0 Å². The second kappa shape index (κ2) is 21.5. The Labute approximate surface area is 470 Å². The van der Waals surface area contributed by atoms with Gasteiger partial charge in [-0.05, 0) is 0 Å².